The molecule has 5 nitrogen and oxygen atoms in total. The predicted octanol–water partition coefficient (Wildman–Crippen LogP) is 2.62. The van der Waals surface area contributed by atoms with Crippen molar-refractivity contribution in [2.45, 2.75) is 19.9 Å². The number of imidazole rings is 1. The van der Waals surface area contributed by atoms with Crippen molar-refractivity contribution in [2.75, 3.05) is 12.4 Å². The van der Waals surface area contributed by atoms with Gasteiger partial charge in [0.15, 0.2) is 5.82 Å². The first kappa shape index (κ1) is 13.5. The van der Waals surface area contributed by atoms with Gasteiger partial charge in [-0.05, 0) is 19.1 Å². The van der Waals surface area contributed by atoms with Crippen molar-refractivity contribution < 1.29 is 4.39 Å². The lowest BCUT2D eigenvalue weighted by molar-refractivity contribution is 0.591. The molecule has 0 bridgehead atoms. The molecule has 108 valence electrons. The zero-order valence-electron chi connectivity index (χ0n) is 12.0. The van der Waals surface area contributed by atoms with E-state index in [2.05, 4.69) is 24.8 Å². The van der Waals surface area contributed by atoms with E-state index in [-0.39, 0.29) is 0 Å². The van der Waals surface area contributed by atoms with Crippen molar-refractivity contribution in [3.05, 3.63) is 47.8 Å². The van der Waals surface area contributed by atoms with E-state index < -0.39 is 5.82 Å². The first-order chi connectivity index (χ1) is 10.2. The predicted molar refractivity (Wildman–Crippen MR) is 79.7 cm³/mol. The van der Waals surface area contributed by atoms with Crippen LogP contribution < -0.4 is 5.32 Å². The van der Waals surface area contributed by atoms with E-state index in [9.17, 15) is 4.39 Å². The third-order valence-corrected chi connectivity index (χ3v) is 3.42. The number of hydrogen-bond donors (Lipinski definition) is 1. The molecule has 1 aromatic carbocycles. The maximum Gasteiger partial charge on any atom is 0.222 e. The highest BCUT2D eigenvalue weighted by molar-refractivity contribution is 5.75. The van der Waals surface area contributed by atoms with Gasteiger partial charge in [-0.15, -0.1) is 0 Å². The van der Waals surface area contributed by atoms with Gasteiger partial charge in [0.25, 0.3) is 0 Å². The average Bonchev–Trinajstić information content (AvgIpc) is 2.86. The summed E-state index contributed by atoms with van der Waals surface area (Å²) in [5.74, 6) is 0.799. The number of rotatable bonds is 4. The second-order valence-electron chi connectivity index (χ2n) is 4.68. The molecule has 0 radical (unpaired) electrons. The number of aromatic nitrogens is 4. The second-order valence-corrected chi connectivity index (χ2v) is 4.68. The average molecular weight is 285 g/mol. The molecule has 0 unspecified atom stereocenters. The van der Waals surface area contributed by atoms with Crippen LogP contribution in [-0.2, 0) is 13.0 Å². The number of benzene rings is 1. The summed E-state index contributed by atoms with van der Waals surface area (Å²) in [6.07, 6.45) is 1.53. The highest BCUT2D eigenvalue weighted by atomic mass is 19.1. The minimum Gasteiger partial charge on any atom is -0.357 e. The third kappa shape index (κ3) is 2.44. The number of fused-ring (bicyclic) bond motifs is 1. The van der Waals surface area contributed by atoms with Gasteiger partial charge in [-0.2, -0.15) is 0 Å². The van der Waals surface area contributed by atoms with Crippen LogP contribution in [0.3, 0.4) is 0 Å². The van der Waals surface area contributed by atoms with Gasteiger partial charge in [0.2, 0.25) is 5.95 Å². The van der Waals surface area contributed by atoms with Gasteiger partial charge in [-0.1, -0.05) is 12.1 Å². The molecule has 0 aliphatic carbocycles. The lowest BCUT2D eigenvalue weighted by Gasteiger charge is -2.07. The standard InChI is InChI=1S/C15H16FN5/c1-3-21-13-7-5-4-6-11(13)19-14(21)8-12-10(16)9-18-15(17-2)20-12/h4-7,9H,3,8H2,1-2H3,(H,17,18,20). The highest BCUT2D eigenvalue weighted by Crippen LogP contribution is 2.19. The van der Waals surface area contributed by atoms with Crippen molar-refractivity contribution in [2.24, 2.45) is 0 Å². The summed E-state index contributed by atoms with van der Waals surface area (Å²) in [5, 5.41) is 2.82. The van der Waals surface area contributed by atoms with E-state index in [0.717, 1.165) is 23.4 Å². The summed E-state index contributed by atoms with van der Waals surface area (Å²) < 4.78 is 16.0. The molecule has 2 heterocycles. The van der Waals surface area contributed by atoms with Crippen LogP contribution in [-0.4, -0.2) is 26.6 Å². The normalized spacial score (nSPS) is 11.0. The molecular formula is C15H16FN5. The number of halogens is 1. The van der Waals surface area contributed by atoms with E-state index in [4.69, 9.17) is 0 Å². The van der Waals surface area contributed by atoms with Gasteiger partial charge >= 0.3 is 0 Å². The molecule has 0 aliphatic rings. The molecule has 3 rings (SSSR count). The van der Waals surface area contributed by atoms with Crippen LogP contribution >= 0.6 is 0 Å². The Kier molecular flexibility index (Phi) is 3.51. The fourth-order valence-electron chi connectivity index (χ4n) is 2.41. The fourth-order valence-corrected chi connectivity index (χ4v) is 2.41. The minimum absolute atomic E-state index is 0.339. The maximum absolute atomic E-state index is 13.9. The number of nitrogens with zero attached hydrogens (tertiary/aromatic N) is 4. The molecule has 1 N–H and O–H groups in total. The molecule has 0 aliphatic heterocycles. The van der Waals surface area contributed by atoms with Crippen molar-refractivity contribution in [1.82, 2.24) is 19.5 Å². The van der Waals surface area contributed by atoms with E-state index in [1.54, 1.807) is 7.05 Å². The number of hydrogen-bond acceptors (Lipinski definition) is 4. The summed E-state index contributed by atoms with van der Waals surface area (Å²) in [7, 11) is 1.71. The van der Waals surface area contributed by atoms with Gasteiger partial charge < -0.3 is 9.88 Å². The first-order valence-electron chi connectivity index (χ1n) is 6.86. The summed E-state index contributed by atoms with van der Waals surface area (Å²) in [6.45, 7) is 2.83. The SMILES string of the molecule is CCn1c(Cc2nc(NC)ncc2F)nc2ccccc21. The Bertz CT molecular complexity index is 781. The van der Waals surface area contributed by atoms with Crippen LogP contribution in [0.4, 0.5) is 10.3 Å². The Morgan fingerprint density at radius 3 is 2.81 bits per heavy atom. The molecule has 0 spiro atoms. The Hall–Kier alpha value is -2.50. The maximum atomic E-state index is 13.9. The van der Waals surface area contributed by atoms with E-state index in [0.29, 0.717) is 18.1 Å². The smallest absolute Gasteiger partial charge is 0.222 e. The Labute approximate surface area is 121 Å². The summed E-state index contributed by atoms with van der Waals surface area (Å²) >= 11 is 0. The number of nitrogens with one attached hydrogen (secondary N) is 1. The molecule has 2 aromatic heterocycles. The van der Waals surface area contributed by atoms with Crippen molar-refractivity contribution in [1.29, 1.82) is 0 Å². The molecule has 3 aromatic rings. The van der Waals surface area contributed by atoms with Crippen LogP contribution in [0, 0.1) is 5.82 Å². The minimum atomic E-state index is -0.413. The first-order valence-corrected chi connectivity index (χ1v) is 6.86. The molecule has 21 heavy (non-hydrogen) atoms. The molecule has 0 amide bonds. The van der Waals surface area contributed by atoms with Gasteiger partial charge in [-0.3, -0.25) is 0 Å². The molecule has 0 atom stereocenters. The Balaban J connectivity index is 2.05. The lowest BCUT2D eigenvalue weighted by atomic mass is 10.2. The largest absolute Gasteiger partial charge is 0.357 e. The number of para-hydroxylation sites is 2. The van der Waals surface area contributed by atoms with E-state index >= 15 is 0 Å². The van der Waals surface area contributed by atoms with Gasteiger partial charge in [0, 0.05) is 13.6 Å². The van der Waals surface area contributed by atoms with Crippen LogP contribution in [0.15, 0.2) is 30.5 Å². The van der Waals surface area contributed by atoms with Gasteiger partial charge in [-0.25, -0.2) is 19.3 Å². The van der Waals surface area contributed by atoms with E-state index in [1.165, 1.54) is 6.20 Å². The third-order valence-electron chi connectivity index (χ3n) is 3.42. The highest BCUT2D eigenvalue weighted by Gasteiger charge is 2.14. The number of aryl methyl sites for hydroxylation is 1. The molecule has 6 heteroatoms. The zero-order valence-corrected chi connectivity index (χ0v) is 12.0. The Morgan fingerprint density at radius 2 is 2.05 bits per heavy atom. The quantitative estimate of drug-likeness (QED) is 0.800. The number of anilines is 1. The summed E-state index contributed by atoms with van der Waals surface area (Å²) in [4.78, 5) is 12.6. The lowest BCUT2D eigenvalue weighted by Crippen LogP contribution is -2.08. The van der Waals surface area contributed by atoms with Crippen LogP contribution in [0.5, 0.6) is 0 Å². The van der Waals surface area contributed by atoms with Crippen molar-refractivity contribution in [3.63, 3.8) is 0 Å². The van der Waals surface area contributed by atoms with Crippen LogP contribution in [0.2, 0.25) is 0 Å². The van der Waals surface area contributed by atoms with Gasteiger partial charge in [0.1, 0.15) is 5.82 Å². The van der Waals surface area contributed by atoms with Crippen molar-refractivity contribution in [3.8, 4) is 0 Å². The molecule has 0 saturated carbocycles. The zero-order chi connectivity index (χ0) is 14.8. The van der Waals surface area contributed by atoms with Crippen molar-refractivity contribution >= 4 is 17.0 Å². The van der Waals surface area contributed by atoms with E-state index in [1.807, 2.05) is 31.2 Å². The van der Waals surface area contributed by atoms with Crippen LogP contribution in [0.25, 0.3) is 11.0 Å². The monoisotopic (exact) mass is 285 g/mol. The fraction of sp³-hybridized carbons (Fsp3) is 0.267. The molecule has 0 fully saturated rings. The summed E-state index contributed by atoms with van der Waals surface area (Å²) in [6, 6.07) is 7.90. The molecule has 0 saturated heterocycles. The topological polar surface area (TPSA) is 55.6 Å². The molecular weight excluding hydrogens is 269 g/mol. The second kappa shape index (κ2) is 5.47. The Morgan fingerprint density at radius 1 is 1.24 bits per heavy atom. The van der Waals surface area contributed by atoms with Gasteiger partial charge in [0.05, 0.1) is 29.3 Å². The van der Waals surface area contributed by atoms with Crippen LogP contribution in [0.1, 0.15) is 18.4 Å². The summed E-state index contributed by atoms with van der Waals surface area (Å²) in [5.41, 5.74) is 2.32.